The molecule has 4 heteroatoms. The van der Waals surface area contributed by atoms with Crippen molar-refractivity contribution in [3.63, 3.8) is 0 Å². The van der Waals surface area contributed by atoms with Gasteiger partial charge in [-0.3, -0.25) is 0 Å². The minimum absolute atomic E-state index is 0.633. The summed E-state index contributed by atoms with van der Waals surface area (Å²) in [5, 5.41) is 0. The molecule has 2 heterocycles. The molecule has 2 aromatic rings. The molecule has 0 saturated heterocycles. The first-order valence-electron chi connectivity index (χ1n) is 5.48. The Kier molecular flexibility index (Phi) is 2.83. The van der Waals surface area contributed by atoms with Gasteiger partial charge in [0.25, 0.3) is 0 Å². The van der Waals surface area contributed by atoms with Crippen LogP contribution in [0.25, 0.3) is 5.52 Å². The Morgan fingerprint density at radius 2 is 2.19 bits per heavy atom. The molecule has 86 valence electrons. The highest BCUT2D eigenvalue weighted by atomic mass is 15.1. The van der Waals surface area contributed by atoms with Crippen molar-refractivity contribution >= 4 is 11.2 Å². The average Bonchev–Trinajstić information content (AvgIpc) is 2.56. The van der Waals surface area contributed by atoms with Crippen LogP contribution in [0.2, 0.25) is 0 Å². The van der Waals surface area contributed by atoms with Crippen LogP contribution in [-0.4, -0.2) is 30.0 Å². The molecule has 0 amide bonds. The molecule has 0 fully saturated rings. The predicted molar refractivity (Wildman–Crippen MR) is 67.0 cm³/mol. The van der Waals surface area contributed by atoms with Gasteiger partial charge < -0.3 is 15.0 Å². The van der Waals surface area contributed by atoms with Crippen LogP contribution < -0.4 is 10.6 Å². The van der Waals surface area contributed by atoms with E-state index in [4.69, 9.17) is 5.73 Å². The van der Waals surface area contributed by atoms with Crippen molar-refractivity contribution in [3.05, 3.63) is 29.8 Å². The van der Waals surface area contributed by atoms with Crippen LogP contribution in [0.1, 0.15) is 11.5 Å². The second kappa shape index (κ2) is 4.14. The van der Waals surface area contributed by atoms with Crippen molar-refractivity contribution in [2.24, 2.45) is 5.73 Å². The topological polar surface area (TPSA) is 46.6 Å². The normalized spacial score (nSPS) is 11.0. The van der Waals surface area contributed by atoms with Crippen molar-refractivity contribution in [3.8, 4) is 0 Å². The molecule has 0 aromatic carbocycles. The van der Waals surface area contributed by atoms with Crippen molar-refractivity contribution in [1.82, 2.24) is 9.38 Å². The fourth-order valence-corrected chi connectivity index (χ4v) is 1.88. The third kappa shape index (κ3) is 1.76. The molecule has 0 spiro atoms. The number of aromatic nitrogens is 2. The summed E-state index contributed by atoms with van der Waals surface area (Å²) in [6, 6.07) is 4.25. The number of pyridine rings is 1. The molecule has 0 aliphatic rings. The van der Waals surface area contributed by atoms with Crippen LogP contribution in [0, 0.1) is 6.92 Å². The maximum absolute atomic E-state index is 5.58. The van der Waals surface area contributed by atoms with Crippen LogP contribution in [0.15, 0.2) is 18.3 Å². The molecule has 0 radical (unpaired) electrons. The Bertz CT molecular complexity index is 499. The molecule has 0 aliphatic carbocycles. The van der Waals surface area contributed by atoms with Gasteiger partial charge in [-0.2, -0.15) is 0 Å². The number of aryl methyl sites for hydroxylation is 1. The van der Waals surface area contributed by atoms with E-state index in [9.17, 15) is 0 Å². The lowest BCUT2D eigenvalue weighted by molar-refractivity contribution is 0.860. The molecule has 2 aromatic heterocycles. The van der Waals surface area contributed by atoms with Gasteiger partial charge in [0.05, 0.1) is 11.2 Å². The van der Waals surface area contributed by atoms with Crippen LogP contribution in [0.3, 0.4) is 0 Å². The van der Waals surface area contributed by atoms with Gasteiger partial charge >= 0.3 is 0 Å². The van der Waals surface area contributed by atoms with Gasteiger partial charge in [0, 0.05) is 32.4 Å². The Balaban J connectivity index is 2.57. The first-order chi connectivity index (χ1) is 7.63. The number of nitrogens with zero attached hydrogens (tertiary/aromatic N) is 3. The summed E-state index contributed by atoms with van der Waals surface area (Å²) in [5.74, 6) is 1.04. The standard InChI is InChI=1S/C12H18N4/c1-9-11-8-10(15(2)3)5-7-16(11)12(14-9)4-6-13/h5,7-8H,4,6,13H2,1-3H3. The van der Waals surface area contributed by atoms with Crippen LogP contribution >= 0.6 is 0 Å². The van der Waals surface area contributed by atoms with Gasteiger partial charge in [0.1, 0.15) is 5.82 Å². The number of fused-ring (bicyclic) bond motifs is 1. The molecule has 0 saturated carbocycles. The highest BCUT2D eigenvalue weighted by molar-refractivity contribution is 5.62. The minimum atomic E-state index is 0.633. The smallest absolute Gasteiger partial charge is 0.114 e. The third-order valence-electron chi connectivity index (χ3n) is 2.77. The fourth-order valence-electron chi connectivity index (χ4n) is 1.88. The monoisotopic (exact) mass is 218 g/mol. The Morgan fingerprint density at radius 3 is 2.81 bits per heavy atom. The Hall–Kier alpha value is -1.55. The van der Waals surface area contributed by atoms with E-state index < -0.39 is 0 Å². The van der Waals surface area contributed by atoms with E-state index in [1.54, 1.807) is 0 Å². The quantitative estimate of drug-likeness (QED) is 0.842. The van der Waals surface area contributed by atoms with Crippen molar-refractivity contribution in [1.29, 1.82) is 0 Å². The van der Waals surface area contributed by atoms with Gasteiger partial charge in [-0.05, 0) is 25.6 Å². The van der Waals surface area contributed by atoms with Crippen LogP contribution in [0.4, 0.5) is 5.69 Å². The summed E-state index contributed by atoms with van der Waals surface area (Å²) >= 11 is 0. The summed E-state index contributed by atoms with van der Waals surface area (Å²) in [5.41, 5.74) is 8.99. The van der Waals surface area contributed by atoms with Gasteiger partial charge in [0.2, 0.25) is 0 Å². The lowest BCUT2D eigenvalue weighted by Crippen LogP contribution is -2.09. The van der Waals surface area contributed by atoms with Gasteiger partial charge in [-0.1, -0.05) is 0 Å². The first kappa shape index (κ1) is 11.0. The number of hydrogen-bond acceptors (Lipinski definition) is 3. The molecular weight excluding hydrogens is 200 g/mol. The van der Waals surface area contributed by atoms with Crippen molar-refractivity contribution < 1.29 is 0 Å². The minimum Gasteiger partial charge on any atom is -0.378 e. The molecule has 0 atom stereocenters. The first-order valence-corrected chi connectivity index (χ1v) is 5.48. The summed E-state index contributed by atoms with van der Waals surface area (Å²) in [6.45, 7) is 2.67. The van der Waals surface area contributed by atoms with Gasteiger partial charge in [-0.25, -0.2) is 4.98 Å². The van der Waals surface area contributed by atoms with E-state index in [0.717, 1.165) is 23.5 Å². The van der Waals surface area contributed by atoms with E-state index in [1.165, 1.54) is 5.69 Å². The lowest BCUT2D eigenvalue weighted by atomic mass is 10.3. The highest BCUT2D eigenvalue weighted by Crippen LogP contribution is 2.19. The van der Waals surface area contributed by atoms with Crippen LogP contribution in [0.5, 0.6) is 0 Å². The summed E-state index contributed by atoms with van der Waals surface area (Å²) in [6.07, 6.45) is 2.88. The number of hydrogen-bond donors (Lipinski definition) is 1. The zero-order chi connectivity index (χ0) is 11.7. The van der Waals surface area contributed by atoms with E-state index >= 15 is 0 Å². The molecule has 0 bridgehead atoms. The summed E-state index contributed by atoms with van der Waals surface area (Å²) < 4.78 is 2.12. The third-order valence-corrected chi connectivity index (χ3v) is 2.77. The maximum Gasteiger partial charge on any atom is 0.114 e. The SMILES string of the molecule is Cc1nc(CCN)n2ccc(N(C)C)cc12. The molecule has 2 rings (SSSR count). The predicted octanol–water partition coefficient (Wildman–Crippen LogP) is 1.21. The zero-order valence-corrected chi connectivity index (χ0v) is 10.1. The molecule has 2 N–H and O–H groups in total. The second-order valence-electron chi connectivity index (χ2n) is 4.19. The van der Waals surface area contributed by atoms with Crippen LogP contribution in [-0.2, 0) is 6.42 Å². The Morgan fingerprint density at radius 1 is 1.44 bits per heavy atom. The second-order valence-corrected chi connectivity index (χ2v) is 4.19. The molecule has 0 unspecified atom stereocenters. The Labute approximate surface area is 95.7 Å². The molecule has 0 aliphatic heterocycles. The summed E-state index contributed by atoms with van der Waals surface area (Å²) in [4.78, 5) is 6.64. The largest absolute Gasteiger partial charge is 0.378 e. The molecule has 16 heavy (non-hydrogen) atoms. The van der Waals surface area contributed by atoms with E-state index in [2.05, 4.69) is 32.6 Å². The van der Waals surface area contributed by atoms with Crippen molar-refractivity contribution in [2.75, 3.05) is 25.5 Å². The number of nitrogens with two attached hydrogens (primary N) is 1. The van der Waals surface area contributed by atoms with E-state index in [-0.39, 0.29) is 0 Å². The summed E-state index contributed by atoms with van der Waals surface area (Å²) in [7, 11) is 4.08. The van der Waals surface area contributed by atoms with E-state index in [0.29, 0.717) is 6.54 Å². The fraction of sp³-hybridized carbons (Fsp3) is 0.417. The maximum atomic E-state index is 5.58. The van der Waals surface area contributed by atoms with Gasteiger partial charge in [0.15, 0.2) is 0 Å². The number of imidazole rings is 1. The average molecular weight is 218 g/mol. The number of anilines is 1. The van der Waals surface area contributed by atoms with Crippen molar-refractivity contribution in [2.45, 2.75) is 13.3 Å². The molecular formula is C12H18N4. The van der Waals surface area contributed by atoms with E-state index in [1.807, 2.05) is 21.0 Å². The molecule has 4 nitrogen and oxygen atoms in total. The number of rotatable bonds is 3. The van der Waals surface area contributed by atoms with Gasteiger partial charge in [-0.15, -0.1) is 0 Å². The highest BCUT2D eigenvalue weighted by Gasteiger charge is 2.08. The zero-order valence-electron chi connectivity index (χ0n) is 10.1. The lowest BCUT2D eigenvalue weighted by Gasteiger charge is -2.12.